The molecule has 1 aromatic rings. The van der Waals surface area contributed by atoms with Crippen LogP contribution in [0.4, 0.5) is 10.5 Å². The molecule has 1 aromatic carbocycles. The van der Waals surface area contributed by atoms with Gasteiger partial charge < -0.3 is 14.7 Å². The largest absolute Gasteiger partial charge is 0.480 e. The van der Waals surface area contributed by atoms with E-state index >= 15 is 0 Å². The van der Waals surface area contributed by atoms with Gasteiger partial charge in [0.15, 0.2) is 6.10 Å². The molecule has 0 saturated carbocycles. The third kappa shape index (κ3) is 3.70. The standard InChI is InChI=1S/C14H15N3O4/c15-8-12-9-16(6-7-21-12)14(20)17(10-13(18)19)11-4-2-1-3-5-11/h1-5,12H,6-7,9-10H2,(H,18,19). The van der Waals surface area contributed by atoms with E-state index in [1.807, 2.05) is 6.07 Å². The summed E-state index contributed by atoms with van der Waals surface area (Å²) < 4.78 is 5.18. The van der Waals surface area contributed by atoms with Crippen LogP contribution in [-0.2, 0) is 9.53 Å². The van der Waals surface area contributed by atoms with Crippen LogP contribution in [0.15, 0.2) is 30.3 Å². The number of nitrogens with zero attached hydrogens (tertiary/aromatic N) is 3. The number of carboxylic acids is 1. The fourth-order valence-electron chi connectivity index (χ4n) is 2.08. The average molecular weight is 289 g/mol. The molecule has 110 valence electrons. The first kappa shape index (κ1) is 14.8. The van der Waals surface area contributed by atoms with Crippen molar-refractivity contribution in [1.29, 1.82) is 5.26 Å². The predicted molar refractivity (Wildman–Crippen MR) is 73.7 cm³/mol. The van der Waals surface area contributed by atoms with Crippen LogP contribution in [0.3, 0.4) is 0 Å². The zero-order valence-corrected chi connectivity index (χ0v) is 11.3. The summed E-state index contributed by atoms with van der Waals surface area (Å²) in [5.41, 5.74) is 0.505. The minimum absolute atomic E-state index is 0.137. The molecule has 1 heterocycles. The van der Waals surface area contributed by atoms with Crippen molar-refractivity contribution in [3.8, 4) is 6.07 Å². The highest BCUT2D eigenvalue weighted by Gasteiger charge is 2.29. The molecule has 1 aliphatic rings. The number of hydrogen-bond donors (Lipinski definition) is 1. The van der Waals surface area contributed by atoms with Gasteiger partial charge in [-0.15, -0.1) is 0 Å². The van der Waals surface area contributed by atoms with Crippen molar-refractivity contribution in [2.45, 2.75) is 6.10 Å². The van der Waals surface area contributed by atoms with E-state index in [0.717, 1.165) is 0 Å². The predicted octanol–water partition coefficient (Wildman–Crippen LogP) is 0.922. The van der Waals surface area contributed by atoms with Crippen LogP contribution < -0.4 is 4.90 Å². The van der Waals surface area contributed by atoms with E-state index in [4.69, 9.17) is 15.1 Å². The smallest absolute Gasteiger partial charge is 0.325 e. The SMILES string of the molecule is N#CC1CN(C(=O)N(CC(=O)O)c2ccccc2)CCO1. The summed E-state index contributed by atoms with van der Waals surface area (Å²) in [5, 5.41) is 17.9. The summed E-state index contributed by atoms with van der Waals surface area (Å²) >= 11 is 0. The second-order valence-corrected chi connectivity index (χ2v) is 4.53. The van der Waals surface area contributed by atoms with Crippen molar-refractivity contribution >= 4 is 17.7 Å². The summed E-state index contributed by atoms with van der Waals surface area (Å²) in [6, 6.07) is 10.1. The molecule has 2 amide bonds. The summed E-state index contributed by atoms with van der Waals surface area (Å²) in [4.78, 5) is 26.1. The van der Waals surface area contributed by atoms with Crippen molar-refractivity contribution < 1.29 is 19.4 Å². The highest BCUT2D eigenvalue weighted by atomic mass is 16.5. The molecule has 0 radical (unpaired) electrons. The second-order valence-electron chi connectivity index (χ2n) is 4.53. The third-order valence-corrected chi connectivity index (χ3v) is 3.07. The van der Waals surface area contributed by atoms with E-state index in [2.05, 4.69) is 0 Å². The lowest BCUT2D eigenvalue weighted by Crippen LogP contribution is -2.52. The molecule has 0 aliphatic carbocycles. The molecule has 1 aliphatic heterocycles. The molecule has 0 aromatic heterocycles. The zero-order chi connectivity index (χ0) is 15.2. The minimum Gasteiger partial charge on any atom is -0.480 e. The number of urea groups is 1. The van der Waals surface area contributed by atoms with Gasteiger partial charge in [0.05, 0.1) is 19.2 Å². The average Bonchev–Trinajstić information content (AvgIpc) is 2.52. The Morgan fingerprint density at radius 2 is 2.14 bits per heavy atom. The van der Waals surface area contributed by atoms with Crippen molar-refractivity contribution in [2.24, 2.45) is 0 Å². The van der Waals surface area contributed by atoms with Crippen molar-refractivity contribution in [3.63, 3.8) is 0 Å². The number of rotatable bonds is 3. The fraction of sp³-hybridized carbons (Fsp3) is 0.357. The van der Waals surface area contributed by atoms with Gasteiger partial charge in [0.25, 0.3) is 0 Å². The number of benzene rings is 1. The Balaban J connectivity index is 2.18. The number of amides is 2. The molecule has 2 rings (SSSR count). The number of carboxylic acid groups (broad SMARTS) is 1. The third-order valence-electron chi connectivity index (χ3n) is 3.07. The van der Waals surface area contributed by atoms with Crippen LogP contribution in [0, 0.1) is 11.3 Å². The lowest BCUT2D eigenvalue weighted by molar-refractivity contribution is -0.135. The molecular formula is C14H15N3O4. The number of hydrogen-bond acceptors (Lipinski definition) is 4. The molecule has 0 bridgehead atoms. The number of carbonyl (C=O) groups excluding carboxylic acids is 1. The number of carbonyl (C=O) groups is 2. The van der Waals surface area contributed by atoms with Gasteiger partial charge in [0, 0.05) is 12.2 Å². The quantitative estimate of drug-likeness (QED) is 0.893. The summed E-state index contributed by atoms with van der Waals surface area (Å²) in [6.07, 6.45) is -0.676. The molecule has 1 N–H and O–H groups in total. The van der Waals surface area contributed by atoms with E-state index < -0.39 is 24.6 Å². The Hall–Kier alpha value is -2.59. The first-order valence-electron chi connectivity index (χ1n) is 6.46. The van der Waals surface area contributed by atoms with Crippen molar-refractivity contribution in [3.05, 3.63) is 30.3 Å². The van der Waals surface area contributed by atoms with Gasteiger partial charge >= 0.3 is 12.0 Å². The summed E-state index contributed by atoms with van der Waals surface area (Å²) in [6.45, 7) is 0.301. The maximum Gasteiger partial charge on any atom is 0.325 e. The second kappa shape index (κ2) is 6.72. The number of morpholine rings is 1. The van der Waals surface area contributed by atoms with E-state index in [1.54, 1.807) is 30.3 Å². The van der Waals surface area contributed by atoms with E-state index in [0.29, 0.717) is 12.2 Å². The molecule has 7 nitrogen and oxygen atoms in total. The highest BCUT2D eigenvalue weighted by Crippen LogP contribution is 2.17. The van der Waals surface area contributed by atoms with E-state index in [-0.39, 0.29) is 13.2 Å². The molecule has 7 heteroatoms. The summed E-state index contributed by atoms with van der Waals surface area (Å²) in [5.74, 6) is -1.10. The number of aliphatic carboxylic acids is 1. The first-order chi connectivity index (χ1) is 10.1. The van der Waals surface area contributed by atoms with Gasteiger partial charge in [-0.25, -0.2) is 4.79 Å². The van der Waals surface area contributed by atoms with Gasteiger partial charge in [0.2, 0.25) is 0 Å². The van der Waals surface area contributed by atoms with Crippen molar-refractivity contribution in [2.75, 3.05) is 31.1 Å². The Bertz CT molecular complexity index is 555. The van der Waals surface area contributed by atoms with Gasteiger partial charge in [0.1, 0.15) is 6.54 Å². The molecule has 21 heavy (non-hydrogen) atoms. The highest BCUT2D eigenvalue weighted by molar-refractivity contribution is 5.96. The van der Waals surface area contributed by atoms with Crippen LogP contribution >= 0.6 is 0 Å². The minimum atomic E-state index is -1.10. The Morgan fingerprint density at radius 3 is 2.76 bits per heavy atom. The lowest BCUT2D eigenvalue weighted by atomic mass is 10.2. The maximum absolute atomic E-state index is 12.5. The van der Waals surface area contributed by atoms with Crippen LogP contribution in [-0.4, -0.2) is 54.4 Å². The van der Waals surface area contributed by atoms with Gasteiger partial charge in [-0.1, -0.05) is 18.2 Å². The normalized spacial score (nSPS) is 17.9. The molecule has 0 spiro atoms. The molecule has 1 unspecified atom stereocenters. The summed E-state index contributed by atoms with van der Waals surface area (Å²) in [7, 11) is 0. The van der Waals surface area contributed by atoms with Crippen LogP contribution in [0.2, 0.25) is 0 Å². The van der Waals surface area contributed by atoms with E-state index in [9.17, 15) is 9.59 Å². The fourth-order valence-corrected chi connectivity index (χ4v) is 2.08. The Labute approximate surface area is 121 Å². The monoisotopic (exact) mass is 289 g/mol. The molecule has 1 atom stereocenters. The zero-order valence-electron chi connectivity index (χ0n) is 11.3. The number of nitriles is 1. The van der Waals surface area contributed by atoms with Crippen LogP contribution in [0.5, 0.6) is 0 Å². The topological polar surface area (TPSA) is 93.9 Å². The Kier molecular flexibility index (Phi) is 4.74. The van der Waals surface area contributed by atoms with Gasteiger partial charge in [-0.3, -0.25) is 9.69 Å². The van der Waals surface area contributed by atoms with Crippen LogP contribution in [0.25, 0.3) is 0 Å². The molecular weight excluding hydrogens is 274 g/mol. The number of ether oxygens (including phenoxy) is 1. The van der Waals surface area contributed by atoms with Gasteiger partial charge in [-0.05, 0) is 12.1 Å². The number of para-hydroxylation sites is 1. The molecule has 1 fully saturated rings. The molecule has 1 saturated heterocycles. The van der Waals surface area contributed by atoms with E-state index in [1.165, 1.54) is 9.80 Å². The Morgan fingerprint density at radius 1 is 1.43 bits per heavy atom. The van der Waals surface area contributed by atoms with Crippen molar-refractivity contribution in [1.82, 2.24) is 4.90 Å². The first-order valence-corrected chi connectivity index (χ1v) is 6.46. The number of anilines is 1. The maximum atomic E-state index is 12.5. The lowest BCUT2D eigenvalue weighted by Gasteiger charge is -2.34. The van der Waals surface area contributed by atoms with Crippen LogP contribution in [0.1, 0.15) is 0 Å². The van der Waals surface area contributed by atoms with Gasteiger partial charge in [-0.2, -0.15) is 5.26 Å².